The molecule has 0 heterocycles. The molecule has 1 rings (SSSR count). The third-order valence-corrected chi connectivity index (χ3v) is 2.24. The Balaban J connectivity index is 2.54. The molecule has 0 bridgehead atoms. The number of unbranched alkanes of at least 4 members (excludes halogenated alkanes) is 1. The zero-order valence-electron chi connectivity index (χ0n) is 10.1. The summed E-state index contributed by atoms with van der Waals surface area (Å²) in [7, 11) is 0. The number of carbonyl (C=O) groups is 1. The van der Waals surface area contributed by atoms with Crippen LogP contribution in [0.15, 0.2) is 29.4 Å². The molecule has 0 radical (unpaired) electrons. The first-order valence-corrected chi connectivity index (χ1v) is 5.70. The summed E-state index contributed by atoms with van der Waals surface area (Å²) in [6, 6.07) is 6.03. The number of hydrogen-bond acceptors (Lipinski definition) is 4. The van der Waals surface area contributed by atoms with Gasteiger partial charge in [-0.25, -0.2) is 5.43 Å². The molecule has 1 N–H and O–H groups in total. The third kappa shape index (κ3) is 4.73. The van der Waals surface area contributed by atoms with Crippen LogP contribution in [0.2, 0.25) is 0 Å². The molecule has 0 saturated carbocycles. The summed E-state index contributed by atoms with van der Waals surface area (Å²) in [5.41, 5.74) is 2.94. The summed E-state index contributed by atoms with van der Waals surface area (Å²) in [4.78, 5) is 21.3. The summed E-state index contributed by atoms with van der Waals surface area (Å²) in [5.74, 6) is -0.154. The summed E-state index contributed by atoms with van der Waals surface area (Å²) in [6.07, 6.45) is 3.58. The number of hydrazone groups is 1. The van der Waals surface area contributed by atoms with E-state index >= 15 is 0 Å². The van der Waals surface area contributed by atoms with Gasteiger partial charge < -0.3 is 0 Å². The fourth-order valence-electron chi connectivity index (χ4n) is 1.29. The van der Waals surface area contributed by atoms with E-state index in [-0.39, 0.29) is 11.6 Å². The fraction of sp³-hybridized carbons (Fsp3) is 0.333. The van der Waals surface area contributed by atoms with Crippen molar-refractivity contribution in [1.82, 2.24) is 5.43 Å². The van der Waals surface area contributed by atoms with Crippen molar-refractivity contribution in [1.29, 1.82) is 0 Å². The van der Waals surface area contributed by atoms with E-state index in [9.17, 15) is 14.9 Å². The van der Waals surface area contributed by atoms with Gasteiger partial charge in [0, 0.05) is 24.1 Å². The van der Waals surface area contributed by atoms with E-state index < -0.39 is 4.92 Å². The van der Waals surface area contributed by atoms with Crippen LogP contribution in [0.4, 0.5) is 5.69 Å². The molecule has 0 aliphatic heterocycles. The molecule has 1 amide bonds. The minimum Gasteiger partial charge on any atom is -0.273 e. The first-order valence-electron chi connectivity index (χ1n) is 5.70. The molecule has 1 aromatic rings. The van der Waals surface area contributed by atoms with Gasteiger partial charge in [0.1, 0.15) is 0 Å². The summed E-state index contributed by atoms with van der Waals surface area (Å²) in [5, 5.41) is 14.3. The number of benzene rings is 1. The molecule has 6 nitrogen and oxygen atoms in total. The highest BCUT2D eigenvalue weighted by atomic mass is 16.6. The lowest BCUT2D eigenvalue weighted by Crippen LogP contribution is -2.16. The van der Waals surface area contributed by atoms with E-state index in [1.807, 2.05) is 6.92 Å². The van der Waals surface area contributed by atoms with Gasteiger partial charge >= 0.3 is 0 Å². The maximum atomic E-state index is 11.2. The smallest absolute Gasteiger partial charge is 0.270 e. The van der Waals surface area contributed by atoms with Gasteiger partial charge in [0.15, 0.2) is 0 Å². The second-order valence-electron chi connectivity index (χ2n) is 3.75. The van der Waals surface area contributed by atoms with E-state index in [2.05, 4.69) is 10.5 Å². The van der Waals surface area contributed by atoms with Crippen LogP contribution >= 0.6 is 0 Å². The Morgan fingerprint density at radius 2 is 2.33 bits per heavy atom. The van der Waals surface area contributed by atoms with E-state index in [0.717, 1.165) is 12.8 Å². The monoisotopic (exact) mass is 249 g/mol. The Morgan fingerprint density at radius 1 is 1.56 bits per heavy atom. The highest BCUT2D eigenvalue weighted by molar-refractivity contribution is 5.83. The summed E-state index contributed by atoms with van der Waals surface area (Å²) in [6.45, 7) is 2.00. The fourth-order valence-corrected chi connectivity index (χ4v) is 1.29. The van der Waals surface area contributed by atoms with Crippen molar-refractivity contribution in [2.75, 3.05) is 0 Å². The largest absolute Gasteiger partial charge is 0.273 e. The highest BCUT2D eigenvalue weighted by Gasteiger charge is 2.04. The van der Waals surface area contributed by atoms with Crippen LogP contribution in [-0.2, 0) is 4.79 Å². The molecule has 1 aromatic carbocycles. The van der Waals surface area contributed by atoms with Crippen LogP contribution in [0, 0.1) is 10.1 Å². The maximum Gasteiger partial charge on any atom is 0.270 e. The van der Waals surface area contributed by atoms with Crippen LogP contribution in [0.25, 0.3) is 0 Å². The normalized spacial score (nSPS) is 10.5. The molecule has 0 saturated heterocycles. The van der Waals surface area contributed by atoms with Crippen molar-refractivity contribution < 1.29 is 9.72 Å². The number of nitrogens with zero attached hydrogens (tertiary/aromatic N) is 2. The lowest BCUT2D eigenvalue weighted by Gasteiger charge is -1.97. The Hall–Kier alpha value is -2.24. The molecule has 0 fully saturated rings. The quantitative estimate of drug-likeness (QED) is 0.476. The number of hydrogen-bond donors (Lipinski definition) is 1. The van der Waals surface area contributed by atoms with Crippen LogP contribution in [0.1, 0.15) is 31.7 Å². The predicted octanol–water partition coefficient (Wildman–Crippen LogP) is 2.24. The highest BCUT2D eigenvalue weighted by Crippen LogP contribution is 2.11. The average Bonchev–Trinajstić information content (AvgIpc) is 2.36. The number of nitrogens with one attached hydrogen (secondary N) is 1. The Bertz CT molecular complexity index is 458. The predicted molar refractivity (Wildman–Crippen MR) is 68.4 cm³/mol. The number of carbonyl (C=O) groups excluding carboxylic acids is 1. The van der Waals surface area contributed by atoms with Gasteiger partial charge in [0.05, 0.1) is 11.1 Å². The van der Waals surface area contributed by atoms with Gasteiger partial charge in [-0.3, -0.25) is 14.9 Å². The van der Waals surface area contributed by atoms with Gasteiger partial charge in [-0.1, -0.05) is 25.5 Å². The van der Waals surface area contributed by atoms with E-state index in [4.69, 9.17) is 0 Å². The molecule has 0 atom stereocenters. The lowest BCUT2D eigenvalue weighted by atomic mass is 10.2. The minimum atomic E-state index is -0.475. The number of non-ortho nitro benzene ring substituents is 1. The molecule has 18 heavy (non-hydrogen) atoms. The number of amides is 1. The maximum absolute atomic E-state index is 11.2. The van der Waals surface area contributed by atoms with E-state index in [0.29, 0.717) is 12.0 Å². The van der Waals surface area contributed by atoms with Gasteiger partial charge in [-0.15, -0.1) is 0 Å². The van der Waals surface area contributed by atoms with Gasteiger partial charge in [0.2, 0.25) is 5.91 Å². The van der Waals surface area contributed by atoms with Crippen molar-refractivity contribution in [3.63, 3.8) is 0 Å². The third-order valence-electron chi connectivity index (χ3n) is 2.24. The second kappa shape index (κ2) is 7.16. The Morgan fingerprint density at radius 3 is 3.00 bits per heavy atom. The molecular formula is C12H15N3O3. The number of nitro benzene ring substituents is 1. The number of nitro groups is 1. The Labute approximate surface area is 105 Å². The SMILES string of the molecule is CCCCC(=O)N/N=C\c1cccc([N+](=O)[O-])c1. The van der Waals surface area contributed by atoms with E-state index in [1.165, 1.54) is 18.3 Å². The number of rotatable bonds is 6. The first kappa shape index (κ1) is 13.8. The zero-order chi connectivity index (χ0) is 13.4. The molecule has 0 unspecified atom stereocenters. The van der Waals surface area contributed by atoms with Crippen LogP contribution in [0.3, 0.4) is 0 Å². The van der Waals surface area contributed by atoms with Gasteiger partial charge in [0.25, 0.3) is 5.69 Å². The van der Waals surface area contributed by atoms with E-state index in [1.54, 1.807) is 12.1 Å². The van der Waals surface area contributed by atoms with Gasteiger partial charge in [-0.2, -0.15) is 5.10 Å². The average molecular weight is 249 g/mol. The molecular weight excluding hydrogens is 234 g/mol. The van der Waals surface area contributed by atoms with Crippen LogP contribution in [0.5, 0.6) is 0 Å². The topological polar surface area (TPSA) is 84.6 Å². The van der Waals surface area contributed by atoms with Crippen molar-refractivity contribution in [3.8, 4) is 0 Å². The van der Waals surface area contributed by atoms with Crippen molar-refractivity contribution >= 4 is 17.8 Å². The molecule has 6 heteroatoms. The minimum absolute atomic E-state index is 0.00346. The van der Waals surface area contributed by atoms with Crippen molar-refractivity contribution in [2.24, 2.45) is 5.10 Å². The zero-order valence-corrected chi connectivity index (χ0v) is 10.1. The van der Waals surface area contributed by atoms with Crippen molar-refractivity contribution in [2.45, 2.75) is 26.2 Å². The standard InChI is InChI=1S/C12H15N3O3/c1-2-3-7-12(16)14-13-9-10-5-4-6-11(8-10)15(17)18/h4-6,8-9H,2-3,7H2,1H3,(H,14,16)/b13-9-. The Kier molecular flexibility index (Phi) is 5.50. The molecule has 96 valence electrons. The van der Waals surface area contributed by atoms with Crippen molar-refractivity contribution in [3.05, 3.63) is 39.9 Å². The molecule has 0 aromatic heterocycles. The van der Waals surface area contributed by atoms with Crippen LogP contribution < -0.4 is 5.43 Å². The van der Waals surface area contributed by atoms with Gasteiger partial charge in [-0.05, 0) is 6.42 Å². The molecule has 0 aliphatic carbocycles. The molecule has 0 spiro atoms. The molecule has 0 aliphatic rings. The first-order chi connectivity index (χ1) is 8.63. The lowest BCUT2D eigenvalue weighted by molar-refractivity contribution is -0.384. The summed E-state index contributed by atoms with van der Waals surface area (Å²) >= 11 is 0. The summed E-state index contributed by atoms with van der Waals surface area (Å²) < 4.78 is 0. The second-order valence-corrected chi connectivity index (χ2v) is 3.75. The van der Waals surface area contributed by atoms with Crippen LogP contribution in [-0.4, -0.2) is 17.0 Å².